The summed E-state index contributed by atoms with van der Waals surface area (Å²) in [6.45, 7) is 3.31. The van der Waals surface area contributed by atoms with E-state index in [1.165, 1.54) is 0 Å². The van der Waals surface area contributed by atoms with Gasteiger partial charge in [-0.1, -0.05) is 11.6 Å². The highest BCUT2D eigenvalue weighted by atomic mass is 35.5. The van der Waals surface area contributed by atoms with Gasteiger partial charge < -0.3 is 10.2 Å². The molecule has 1 aromatic heterocycles. The van der Waals surface area contributed by atoms with Gasteiger partial charge in [0.1, 0.15) is 5.82 Å². The highest BCUT2D eigenvalue weighted by Gasteiger charge is 2.21. The molecule has 2 rings (SSSR count). The van der Waals surface area contributed by atoms with Crippen LogP contribution in [0.2, 0.25) is 5.02 Å². The molecule has 1 aliphatic rings. The molecule has 5 heteroatoms. The second-order valence-corrected chi connectivity index (χ2v) is 4.68. The maximum Gasteiger partial charge on any atom is 0.217 e. The second kappa shape index (κ2) is 5.36. The van der Waals surface area contributed by atoms with E-state index in [0.717, 1.165) is 31.7 Å². The number of carbonyl (C=O) groups excluding carboxylic acids is 1. The first kappa shape index (κ1) is 12.2. The van der Waals surface area contributed by atoms with Gasteiger partial charge in [0.05, 0.1) is 5.02 Å². The van der Waals surface area contributed by atoms with Crippen LogP contribution in [-0.2, 0) is 4.79 Å². The maximum absolute atomic E-state index is 11.0. The van der Waals surface area contributed by atoms with Crippen LogP contribution >= 0.6 is 11.6 Å². The van der Waals surface area contributed by atoms with Crippen LogP contribution in [0.15, 0.2) is 18.3 Å². The van der Waals surface area contributed by atoms with Crippen molar-refractivity contribution in [1.29, 1.82) is 0 Å². The van der Waals surface area contributed by atoms with Crippen LogP contribution in [0.4, 0.5) is 5.82 Å². The van der Waals surface area contributed by atoms with E-state index in [9.17, 15) is 4.79 Å². The zero-order chi connectivity index (χ0) is 12.3. The lowest BCUT2D eigenvalue weighted by molar-refractivity contribution is -0.119. The van der Waals surface area contributed by atoms with Gasteiger partial charge in [0.2, 0.25) is 5.91 Å². The molecule has 1 amide bonds. The highest BCUT2D eigenvalue weighted by molar-refractivity contribution is 6.32. The molecule has 1 saturated heterocycles. The Morgan fingerprint density at radius 3 is 2.82 bits per heavy atom. The van der Waals surface area contributed by atoms with Crippen molar-refractivity contribution in [2.24, 2.45) is 0 Å². The summed E-state index contributed by atoms with van der Waals surface area (Å²) in [4.78, 5) is 17.4. The smallest absolute Gasteiger partial charge is 0.217 e. The largest absolute Gasteiger partial charge is 0.355 e. The van der Waals surface area contributed by atoms with E-state index >= 15 is 0 Å². The fraction of sp³-hybridized carbons (Fsp3) is 0.500. The molecule has 4 nitrogen and oxygen atoms in total. The number of nitrogens with zero attached hydrogens (tertiary/aromatic N) is 2. The van der Waals surface area contributed by atoms with Crippen molar-refractivity contribution in [2.75, 3.05) is 18.0 Å². The molecule has 0 aliphatic carbocycles. The van der Waals surface area contributed by atoms with Gasteiger partial charge in [-0.2, -0.15) is 0 Å². The zero-order valence-electron chi connectivity index (χ0n) is 9.82. The molecular formula is C12H16ClN3O. The van der Waals surface area contributed by atoms with E-state index in [0.29, 0.717) is 5.02 Å². The number of pyridine rings is 1. The van der Waals surface area contributed by atoms with E-state index in [1.807, 2.05) is 12.1 Å². The van der Waals surface area contributed by atoms with Gasteiger partial charge in [0.15, 0.2) is 0 Å². The first-order valence-electron chi connectivity index (χ1n) is 5.79. The normalized spacial score (nSPS) is 16.9. The van der Waals surface area contributed by atoms with Gasteiger partial charge in [0, 0.05) is 32.3 Å². The van der Waals surface area contributed by atoms with E-state index < -0.39 is 0 Å². The Hall–Kier alpha value is -1.29. The fourth-order valence-electron chi connectivity index (χ4n) is 2.13. The number of carbonyl (C=O) groups is 1. The monoisotopic (exact) mass is 253 g/mol. The molecule has 2 heterocycles. The minimum atomic E-state index is 0.0410. The van der Waals surface area contributed by atoms with E-state index in [4.69, 9.17) is 11.6 Å². The number of piperidine rings is 1. The summed E-state index contributed by atoms with van der Waals surface area (Å²) < 4.78 is 0. The van der Waals surface area contributed by atoms with Gasteiger partial charge >= 0.3 is 0 Å². The van der Waals surface area contributed by atoms with Crippen LogP contribution in [0.3, 0.4) is 0 Å². The average Bonchev–Trinajstić information content (AvgIpc) is 2.30. The van der Waals surface area contributed by atoms with E-state index in [-0.39, 0.29) is 11.9 Å². The molecule has 0 spiro atoms. The maximum atomic E-state index is 11.0. The number of hydrogen-bond donors (Lipinski definition) is 1. The summed E-state index contributed by atoms with van der Waals surface area (Å²) in [5.74, 6) is 0.884. The number of anilines is 1. The van der Waals surface area contributed by atoms with Gasteiger partial charge in [-0.15, -0.1) is 0 Å². The number of halogens is 1. The third kappa shape index (κ3) is 3.09. The van der Waals surface area contributed by atoms with E-state index in [1.54, 1.807) is 13.1 Å². The Bertz CT molecular complexity index is 402. The van der Waals surface area contributed by atoms with Crippen LogP contribution in [0, 0.1) is 0 Å². The lowest BCUT2D eigenvalue weighted by Gasteiger charge is -2.33. The molecule has 17 heavy (non-hydrogen) atoms. The molecule has 0 atom stereocenters. The number of nitrogens with one attached hydrogen (secondary N) is 1. The number of amides is 1. The summed E-state index contributed by atoms with van der Waals surface area (Å²) >= 11 is 6.10. The molecule has 0 unspecified atom stereocenters. The first-order valence-corrected chi connectivity index (χ1v) is 6.17. The van der Waals surface area contributed by atoms with E-state index in [2.05, 4.69) is 15.2 Å². The summed E-state index contributed by atoms with van der Waals surface area (Å²) in [6.07, 6.45) is 3.63. The minimum Gasteiger partial charge on any atom is -0.355 e. The lowest BCUT2D eigenvalue weighted by atomic mass is 10.1. The molecule has 1 aliphatic heterocycles. The van der Waals surface area contributed by atoms with Crippen LogP contribution in [0.1, 0.15) is 19.8 Å². The standard InChI is InChI=1S/C12H16ClN3O/c1-9(17)15-10-4-7-16(8-5-10)12-11(13)3-2-6-14-12/h2-3,6,10H,4-5,7-8H2,1H3,(H,15,17). The SMILES string of the molecule is CC(=O)NC1CCN(c2ncccc2Cl)CC1. The predicted octanol–water partition coefficient (Wildman–Crippen LogP) is 1.84. The summed E-state index contributed by atoms with van der Waals surface area (Å²) in [5.41, 5.74) is 0. The van der Waals surface area contributed by atoms with Gasteiger partial charge in [-0.3, -0.25) is 4.79 Å². The van der Waals surface area contributed by atoms with Crippen molar-refractivity contribution >= 4 is 23.3 Å². The molecular weight excluding hydrogens is 238 g/mol. The predicted molar refractivity (Wildman–Crippen MR) is 68.3 cm³/mol. The first-order chi connectivity index (χ1) is 8.16. The van der Waals surface area contributed by atoms with Gasteiger partial charge in [-0.05, 0) is 25.0 Å². The summed E-state index contributed by atoms with van der Waals surface area (Å²) in [7, 11) is 0. The molecule has 92 valence electrons. The fourth-order valence-corrected chi connectivity index (χ4v) is 2.37. The molecule has 0 aromatic carbocycles. The number of aromatic nitrogens is 1. The van der Waals surface area contributed by atoms with Crippen molar-refractivity contribution in [3.8, 4) is 0 Å². The molecule has 1 fully saturated rings. The molecule has 1 N–H and O–H groups in total. The Balaban J connectivity index is 1.95. The third-order valence-corrected chi connectivity index (χ3v) is 3.24. The Morgan fingerprint density at radius 1 is 1.53 bits per heavy atom. The van der Waals surface area contributed by atoms with Crippen molar-refractivity contribution in [3.63, 3.8) is 0 Å². The number of hydrogen-bond acceptors (Lipinski definition) is 3. The third-order valence-electron chi connectivity index (χ3n) is 2.94. The Labute approximate surface area is 106 Å². The van der Waals surface area contributed by atoms with Crippen LogP contribution in [0.5, 0.6) is 0 Å². The molecule has 1 aromatic rings. The highest BCUT2D eigenvalue weighted by Crippen LogP contribution is 2.25. The topological polar surface area (TPSA) is 45.2 Å². The van der Waals surface area contributed by atoms with Crippen LogP contribution in [0.25, 0.3) is 0 Å². The lowest BCUT2D eigenvalue weighted by Crippen LogP contribution is -2.44. The molecule has 0 bridgehead atoms. The van der Waals surface area contributed by atoms with Crippen molar-refractivity contribution in [3.05, 3.63) is 23.4 Å². The van der Waals surface area contributed by atoms with Crippen molar-refractivity contribution in [1.82, 2.24) is 10.3 Å². The Morgan fingerprint density at radius 2 is 2.24 bits per heavy atom. The molecule has 0 saturated carbocycles. The van der Waals surface area contributed by atoms with Gasteiger partial charge in [-0.25, -0.2) is 4.98 Å². The Kier molecular flexibility index (Phi) is 3.84. The van der Waals surface area contributed by atoms with Crippen molar-refractivity contribution < 1.29 is 4.79 Å². The summed E-state index contributed by atoms with van der Waals surface area (Å²) in [5, 5.41) is 3.63. The quantitative estimate of drug-likeness (QED) is 0.875. The number of rotatable bonds is 2. The second-order valence-electron chi connectivity index (χ2n) is 4.27. The zero-order valence-corrected chi connectivity index (χ0v) is 10.6. The summed E-state index contributed by atoms with van der Waals surface area (Å²) in [6, 6.07) is 3.96. The van der Waals surface area contributed by atoms with Crippen LogP contribution in [-0.4, -0.2) is 30.0 Å². The van der Waals surface area contributed by atoms with Crippen LogP contribution < -0.4 is 10.2 Å². The van der Waals surface area contributed by atoms with Gasteiger partial charge in [0.25, 0.3) is 0 Å². The van der Waals surface area contributed by atoms with Crippen molar-refractivity contribution in [2.45, 2.75) is 25.8 Å². The average molecular weight is 254 g/mol. The minimum absolute atomic E-state index is 0.0410. The molecule has 0 radical (unpaired) electrons.